The first-order valence-corrected chi connectivity index (χ1v) is 7.21. The minimum atomic E-state index is -3.63. The smallest absolute Gasteiger partial charge is 0.354 e. The summed E-state index contributed by atoms with van der Waals surface area (Å²) in [6, 6.07) is 2.45. The van der Waals surface area contributed by atoms with Crippen molar-refractivity contribution in [2.45, 2.75) is 6.92 Å². The zero-order valence-corrected chi connectivity index (χ0v) is 11.2. The largest absolute Gasteiger partial charge is 0.506 e. The second-order valence-electron chi connectivity index (χ2n) is 3.93. The number of aromatic nitrogens is 2. The highest BCUT2D eigenvalue weighted by atomic mass is 32.2. The SMILES string of the molecule is CCS(=O)(=O)Nc1nc(C(=O)O)cc2ncc(O)cc12. The molecule has 0 unspecified atom stereocenters. The molecule has 9 heteroatoms. The molecule has 0 radical (unpaired) electrons. The van der Waals surface area contributed by atoms with Crippen molar-refractivity contribution in [3.63, 3.8) is 0 Å². The molecule has 0 spiro atoms. The van der Waals surface area contributed by atoms with E-state index in [0.29, 0.717) is 0 Å². The molecule has 0 atom stereocenters. The first kappa shape index (κ1) is 14.0. The van der Waals surface area contributed by atoms with Gasteiger partial charge in [-0.3, -0.25) is 9.71 Å². The Kier molecular flexibility index (Phi) is 3.45. The van der Waals surface area contributed by atoms with Crippen LogP contribution in [0.4, 0.5) is 5.82 Å². The van der Waals surface area contributed by atoms with Crippen molar-refractivity contribution in [2.75, 3.05) is 10.5 Å². The van der Waals surface area contributed by atoms with Gasteiger partial charge < -0.3 is 10.2 Å². The lowest BCUT2D eigenvalue weighted by atomic mass is 10.2. The topological polar surface area (TPSA) is 129 Å². The maximum atomic E-state index is 11.6. The predicted molar refractivity (Wildman–Crippen MR) is 71.2 cm³/mol. The van der Waals surface area contributed by atoms with Gasteiger partial charge in [-0.05, 0) is 19.1 Å². The van der Waals surface area contributed by atoms with Crippen molar-refractivity contribution >= 4 is 32.7 Å². The van der Waals surface area contributed by atoms with E-state index in [1.165, 1.54) is 19.1 Å². The number of pyridine rings is 2. The van der Waals surface area contributed by atoms with Crippen molar-refractivity contribution in [3.8, 4) is 5.75 Å². The molecule has 3 N–H and O–H groups in total. The normalized spacial score (nSPS) is 11.4. The summed E-state index contributed by atoms with van der Waals surface area (Å²) >= 11 is 0. The molecular weight excluding hydrogens is 286 g/mol. The summed E-state index contributed by atoms with van der Waals surface area (Å²) in [6.07, 6.45) is 1.13. The number of carbonyl (C=O) groups is 1. The van der Waals surface area contributed by atoms with Crippen LogP contribution in [0, 0.1) is 0 Å². The lowest BCUT2D eigenvalue weighted by Crippen LogP contribution is -2.17. The molecule has 0 fully saturated rings. The molecule has 2 aromatic heterocycles. The second-order valence-corrected chi connectivity index (χ2v) is 5.94. The van der Waals surface area contributed by atoms with Crippen molar-refractivity contribution in [1.29, 1.82) is 0 Å². The summed E-state index contributed by atoms with van der Waals surface area (Å²) in [5, 5.41) is 18.6. The Morgan fingerprint density at radius 1 is 1.40 bits per heavy atom. The number of rotatable bonds is 4. The number of aromatic hydroxyl groups is 1. The standard InChI is InChI=1S/C11H11N3O5S/c1-2-20(18,19)14-10-7-3-6(15)5-12-8(7)4-9(13-10)11(16)17/h3-5,15H,2H2,1H3,(H,13,14)(H,16,17). The molecule has 2 heterocycles. The van der Waals surface area contributed by atoms with Crippen LogP contribution in [0.25, 0.3) is 10.9 Å². The number of carboxylic acid groups (broad SMARTS) is 1. The van der Waals surface area contributed by atoms with E-state index in [9.17, 15) is 18.3 Å². The predicted octanol–water partition coefficient (Wildman–Crippen LogP) is 0.795. The van der Waals surface area contributed by atoms with E-state index in [0.717, 1.165) is 6.20 Å². The molecule has 20 heavy (non-hydrogen) atoms. The number of hydrogen-bond acceptors (Lipinski definition) is 6. The van der Waals surface area contributed by atoms with E-state index in [1.807, 2.05) is 0 Å². The number of carboxylic acids is 1. The van der Waals surface area contributed by atoms with Crippen molar-refractivity contribution in [2.24, 2.45) is 0 Å². The first-order chi connectivity index (χ1) is 9.32. The van der Waals surface area contributed by atoms with Gasteiger partial charge in [-0.25, -0.2) is 18.2 Å². The first-order valence-electron chi connectivity index (χ1n) is 5.56. The summed E-state index contributed by atoms with van der Waals surface area (Å²) in [7, 11) is -3.63. The average molecular weight is 297 g/mol. The molecule has 0 aliphatic rings. The fraction of sp³-hybridized carbons (Fsp3) is 0.182. The van der Waals surface area contributed by atoms with Crippen LogP contribution in [-0.4, -0.2) is 40.3 Å². The zero-order valence-electron chi connectivity index (χ0n) is 10.4. The zero-order chi connectivity index (χ0) is 14.9. The summed E-state index contributed by atoms with van der Waals surface area (Å²) in [6.45, 7) is 1.43. The van der Waals surface area contributed by atoms with Crippen molar-refractivity contribution < 1.29 is 23.4 Å². The van der Waals surface area contributed by atoms with Gasteiger partial charge >= 0.3 is 5.97 Å². The quantitative estimate of drug-likeness (QED) is 0.760. The minimum absolute atomic E-state index is 0.176. The fourth-order valence-electron chi connectivity index (χ4n) is 1.52. The number of nitrogens with zero attached hydrogens (tertiary/aromatic N) is 2. The van der Waals surface area contributed by atoms with Gasteiger partial charge in [-0.2, -0.15) is 0 Å². The Morgan fingerprint density at radius 2 is 2.10 bits per heavy atom. The molecule has 0 saturated carbocycles. The van der Waals surface area contributed by atoms with E-state index in [2.05, 4.69) is 14.7 Å². The van der Waals surface area contributed by atoms with Gasteiger partial charge in [-0.15, -0.1) is 0 Å². The molecule has 8 nitrogen and oxygen atoms in total. The van der Waals surface area contributed by atoms with Gasteiger partial charge in [0.05, 0.1) is 17.5 Å². The van der Waals surface area contributed by atoms with Crippen LogP contribution in [0.1, 0.15) is 17.4 Å². The summed E-state index contributed by atoms with van der Waals surface area (Å²) in [4.78, 5) is 18.6. The Hall–Kier alpha value is -2.42. The lowest BCUT2D eigenvalue weighted by molar-refractivity contribution is 0.0691. The van der Waals surface area contributed by atoms with Gasteiger partial charge in [0.25, 0.3) is 0 Å². The molecule has 0 bridgehead atoms. The molecule has 2 aromatic rings. The number of nitrogens with one attached hydrogen (secondary N) is 1. The van der Waals surface area contributed by atoms with Gasteiger partial charge in [-0.1, -0.05) is 0 Å². The van der Waals surface area contributed by atoms with E-state index in [4.69, 9.17) is 5.11 Å². The van der Waals surface area contributed by atoms with Crippen LogP contribution in [0.2, 0.25) is 0 Å². The highest BCUT2D eigenvalue weighted by Crippen LogP contribution is 2.25. The minimum Gasteiger partial charge on any atom is -0.506 e. The van der Waals surface area contributed by atoms with Gasteiger partial charge in [0.2, 0.25) is 10.0 Å². The number of anilines is 1. The van der Waals surface area contributed by atoms with Gasteiger partial charge in [0, 0.05) is 5.39 Å². The van der Waals surface area contributed by atoms with Crippen LogP contribution in [0.5, 0.6) is 5.75 Å². The Balaban J connectivity index is 2.71. The summed E-state index contributed by atoms with van der Waals surface area (Å²) in [5.74, 6) is -1.86. The number of aromatic carboxylic acids is 1. The van der Waals surface area contributed by atoms with Crippen molar-refractivity contribution in [3.05, 3.63) is 24.0 Å². The fourth-order valence-corrected chi connectivity index (χ4v) is 2.11. The summed E-state index contributed by atoms with van der Waals surface area (Å²) < 4.78 is 25.4. The molecular formula is C11H11N3O5S. The Morgan fingerprint density at radius 3 is 2.70 bits per heavy atom. The van der Waals surface area contributed by atoms with E-state index >= 15 is 0 Å². The highest BCUT2D eigenvalue weighted by molar-refractivity contribution is 7.92. The van der Waals surface area contributed by atoms with E-state index in [-0.39, 0.29) is 33.9 Å². The third kappa shape index (κ3) is 2.77. The molecule has 2 rings (SSSR count). The lowest BCUT2D eigenvalue weighted by Gasteiger charge is -2.09. The van der Waals surface area contributed by atoms with E-state index < -0.39 is 16.0 Å². The second kappa shape index (κ2) is 4.93. The molecule has 0 aliphatic carbocycles. The van der Waals surface area contributed by atoms with Gasteiger partial charge in [0.1, 0.15) is 11.6 Å². The molecule has 0 saturated heterocycles. The molecule has 0 aliphatic heterocycles. The summed E-state index contributed by atoms with van der Waals surface area (Å²) in [5.41, 5.74) is -0.131. The highest BCUT2D eigenvalue weighted by Gasteiger charge is 2.16. The third-order valence-electron chi connectivity index (χ3n) is 2.52. The van der Waals surface area contributed by atoms with Crippen LogP contribution < -0.4 is 4.72 Å². The Bertz CT molecular complexity index is 788. The Labute approximate surface area is 114 Å². The average Bonchev–Trinajstić information content (AvgIpc) is 2.38. The van der Waals surface area contributed by atoms with Crippen LogP contribution in [0.3, 0.4) is 0 Å². The maximum Gasteiger partial charge on any atom is 0.354 e. The van der Waals surface area contributed by atoms with Crippen LogP contribution in [0.15, 0.2) is 18.3 Å². The molecule has 0 amide bonds. The van der Waals surface area contributed by atoms with E-state index in [1.54, 1.807) is 0 Å². The van der Waals surface area contributed by atoms with Crippen LogP contribution in [-0.2, 0) is 10.0 Å². The van der Waals surface area contributed by atoms with Crippen LogP contribution >= 0.6 is 0 Å². The van der Waals surface area contributed by atoms with Crippen molar-refractivity contribution in [1.82, 2.24) is 9.97 Å². The number of hydrogen-bond donors (Lipinski definition) is 3. The monoisotopic (exact) mass is 297 g/mol. The number of fused-ring (bicyclic) bond motifs is 1. The maximum absolute atomic E-state index is 11.6. The van der Waals surface area contributed by atoms with Gasteiger partial charge in [0.15, 0.2) is 5.69 Å². The molecule has 106 valence electrons. The number of sulfonamides is 1. The molecule has 0 aromatic carbocycles. The third-order valence-corrected chi connectivity index (χ3v) is 3.78.